The van der Waals surface area contributed by atoms with Crippen molar-refractivity contribution >= 4 is 12.0 Å². The average Bonchev–Trinajstić information content (AvgIpc) is 3.14. The molecule has 0 saturated heterocycles. The van der Waals surface area contributed by atoms with Crippen molar-refractivity contribution in [2.45, 2.75) is 52.5 Å². The molecule has 1 aliphatic carbocycles. The van der Waals surface area contributed by atoms with Crippen molar-refractivity contribution in [3.63, 3.8) is 0 Å². The molecule has 2 amide bonds. The summed E-state index contributed by atoms with van der Waals surface area (Å²) in [6, 6.07) is 0.184. The number of hydrogen-bond donors (Lipinski definition) is 2. The van der Waals surface area contributed by atoms with Gasteiger partial charge in [-0.15, -0.1) is 0 Å². The highest BCUT2D eigenvalue weighted by molar-refractivity contribution is 5.74. The highest BCUT2D eigenvalue weighted by Gasteiger charge is 2.27. The van der Waals surface area contributed by atoms with Gasteiger partial charge in [0.1, 0.15) is 0 Å². The Labute approximate surface area is 115 Å². The Bertz CT molecular complexity index is 314. The van der Waals surface area contributed by atoms with E-state index in [0.717, 1.165) is 6.54 Å². The van der Waals surface area contributed by atoms with Gasteiger partial charge in [0.2, 0.25) is 0 Å². The molecule has 0 aromatic rings. The first kappa shape index (κ1) is 15.8. The second kappa shape index (κ2) is 7.36. The first-order chi connectivity index (χ1) is 8.91. The monoisotopic (exact) mass is 270 g/mol. The average molecular weight is 270 g/mol. The second-order valence-electron chi connectivity index (χ2n) is 5.80. The number of amides is 2. The Morgan fingerprint density at radius 1 is 1.32 bits per heavy atom. The molecule has 110 valence electrons. The van der Waals surface area contributed by atoms with E-state index in [0.29, 0.717) is 25.3 Å². The molecule has 1 rings (SSSR count). The van der Waals surface area contributed by atoms with E-state index in [-0.39, 0.29) is 18.0 Å². The summed E-state index contributed by atoms with van der Waals surface area (Å²) < 4.78 is 0. The van der Waals surface area contributed by atoms with Crippen LogP contribution in [0.4, 0.5) is 4.79 Å². The molecule has 0 aliphatic heterocycles. The molecule has 1 saturated carbocycles. The molecule has 0 spiro atoms. The molecule has 0 aromatic heterocycles. The molecule has 5 heteroatoms. The summed E-state index contributed by atoms with van der Waals surface area (Å²) in [5.41, 5.74) is 0. The predicted molar refractivity (Wildman–Crippen MR) is 74.0 cm³/mol. The van der Waals surface area contributed by atoms with Crippen LogP contribution in [0.3, 0.4) is 0 Å². The zero-order valence-electron chi connectivity index (χ0n) is 12.2. The normalized spacial score (nSPS) is 16.2. The van der Waals surface area contributed by atoms with Gasteiger partial charge in [0.25, 0.3) is 0 Å². The molecule has 0 aromatic carbocycles. The number of nitrogens with zero attached hydrogens (tertiary/aromatic N) is 1. The van der Waals surface area contributed by atoms with Crippen LogP contribution in [0.2, 0.25) is 0 Å². The summed E-state index contributed by atoms with van der Waals surface area (Å²) in [5, 5.41) is 11.6. The van der Waals surface area contributed by atoms with Gasteiger partial charge in [-0.3, -0.25) is 4.79 Å². The fourth-order valence-electron chi connectivity index (χ4n) is 1.94. The van der Waals surface area contributed by atoms with E-state index in [2.05, 4.69) is 5.32 Å². The molecular formula is C14H26N2O3. The van der Waals surface area contributed by atoms with E-state index in [9.17, 15) is 9.59 Å². The van der Waals surface area contributed by atoms with E-state index in [1.807, 2.05) is 18.7 Å². The van der Waals surface area contributed by atoms with E-state index in [1.165, 1.54) is 12.8 Å². The molecule has 1 atom stereocenters. The zero-order valence-corrected chi connectivity index (χ0v) is 12.2. The minimum atomic E-state index is -0.774. The third-order valence-corrected chi connectivity index (χ3v) is 3.55. The van der Waals surface area contributed by atoms with E-state index >= 15 is 0 Å². The summed E-state index contributed by atoms with van der Waals surface area (Å²) in [6.45, 7) is 7.12. The fourth-order valence-corrected chi connectivity index (χ4v) is 1.94. The summed E-state index contributed by atoms with van der Waals surface area (Å²) in [5.74, 6) is -0.436. The topological polar surface area (TPSA) is 69.6 Å². The van der Waals surface area contributed by atoms with Gasteiger partial charge in [-0.05, 0) is 45.4 Å². The van der Waals surface area contributed by atoms with Gasteiger partial charge in [-0.1, -0.05) is 6.92 Å². The summed E-state index contributed by atoms with van der Waals surface area (Å²) >= 11 is 0. The lowest BCUT2D eigenvalue weighted by Gasteiger charge is -2.27. The Morgan fingerprint density at radius 3 is 2.42 bits per heavy atom. The Balaban J connectivity index is 2.22. The van der Waals surface area contributed by atoms with Gasteiger partial charge in [0, 0.05) is 19.1 Å². The van der Waals surface area contributed by atoms with Crippen molar-refractivity contribution in [2.75, 3.05) is 13.1 Å². The highest BCUT2D eigenvalue weighted by atomic mass is 16.4. The number of aliphatic carboxylic acids is 1. The highest BCUT2D eigenvalue weighted by Crippen LogP contribution is 2.30. The van der Waals surface area contributed by atoms with Crippen molar-refractivity contribution in [2.24, 2.45) is 11.8 Å². The summed E-state index contributed by atoms with van der Waals surface area (Å²) in [7, 11) is 0. The molecule has 0 radical (unpaired) electrons. The lowest BCUT2D eigenvalue weighted by Crippen LogP contribution is -2.45. The van der Waals surface area contributed by atoms with Crippen LogP contribution in [0.25, 0.3) is 0 Å². The molecule has 1 unspecified atom stereocenters. The molecule has 2 N–H and O–H groups in total. The van der Waals surface area contributed by atoms with Gasteiger partial charge in [-0.2, -0.15) is 0 Å². The smallest absolute Gasteiger partial charge is 0.317 e. The van der Waals surface area contributed by atoms with Crippen LogP contribution >= 0.6 is 0 Å². The third-order valence-electron chi connectivity index (χ3n) is 3.55. The molecule has 1 aliphatic rings. The van der Waals surface area contributed by atoms with Crippen LogP contribution in [0.15, 0.2) is 0 Å². The molecule has 0 heterocycles. The number of urea groups is 1. The SMILES string of the molecule is CC(CCCNC(=O)N(CC1CC1)C(C)C)C(=O)O. The minimum absolute atomic E-state index is 0.0233. The summed E-state index contributed by atoms with van der Waals surface area (Å²) in [6.07, 6.45) is 3.76. The maximum absolute atomic E-state index is 12.0. The summed E-state index contributed by atoms with van der Waals surface area (Å²) in [4.78, 5) is 24.6. The van der Waals surface area contributed by atoms with E-state index in [4.69, 9.17) is 5.11 Å². The van der Waals surface area contributed by atoms with Gasteiger partial charge < -0.3 is 15.3 Å². The fraction of sp³-hybridized carbons (Fsp3) is 0.857. The van der Waals surface area contributed by atoms with Crippen molar-refractivity contribution in [3.8, 4) is 0 Å². The maximum atomic E-state index is 12.0. The maximum Gasteiger partial charge on any atom is 0.317 e. The van der Waals surface area contributed by atoms with E-state index < -0.39 is 5.97 Å². The number of nitrogens with one attached hydrogen (secondary N) is 1. The molecule has 1 fully saturated rings. The first-order valence-electron chi connectivity index (χ1n) is 7.19. The van der Waals surface area contributed by atoms with Crippen molar-refractivity contribution in [1.82, 2.24) is 10.2 Å². The lowest BCUT2D eigenvalue weighted by molar-refractivity contribution is -0.141. The van der Waals surface area contributed by atoms with Crippen LogP contribution in [0, 0.1) is 11.8 Å². The zero-order chi connectivity index (χ0) is 14.4. The number of carbonyl (C=O) groups excluding carboxylic acids is 1. The number of carboxylic acids is 1. The third kappa shape index (κ3) is 5.94. The Hall–Kier alpha value is -1.26. The van der Waals surface area contributed by atoms with Crippen LogP contribution in [0.5, 0.6) is 0 Å². The van der Waals surface area contributed by atoms with Gasteiger partial charge >= 0.3 is 12.0 Å². The number of carbonyl (C=O) groups is 2. The Morgan fingerprint density at radius 2 is 1.95 bits per heavy atom. The standard InChI is InChI=1S/C14H26N2O3/c1-10(2)16(9-12-6-7-12)14(19)15-8-4-5-11(3)13(17)18/h10-12H,4-9H2,1-3H3,(H,15,19)(H,17,18). The second-order valence-corrected chi connectivity index (χ2v) is 5.80. The predicted octanol–water partition coefficient (Wildman–Crippen LogP) is 2.32. The van der Waals surface area contributed by atoms with Gasteiger partial charge in [-0.25, -0.2) is 4.79 Å². The Kier molecular flexibility index (Phi) is 6.12. The number of rotatable bonds is 8. The molecule has 0 bridgehead atoms. The molecule has 5 nitrogen and oxygen atoms in total. The lowest BCUT2D eigenvalue weighted by atomic mass is 10.1. The minimum Gasteiger partial charge on any atom is -0.481 e. The first-order valence-corrected chi connectivity index (χ1v) is 7.19. The largest absolute Gasteiger partial charge is 0.481 e. The van der Waals surface area contributed by atoms with Crippen LogP contribution in [-0.4, -0.2) is 41.1 Å². The van der Waals surface area contributed by atoms with Gasteiger partial charge in [0.05, 0.1) is 5.92 Å². The number of hydrogen-bond acceptors (Lipinski definition) is 2. The van der Waals surface area contributed by atoms with Crippen molar-refractivity contribution in [1.29, 1.82) is 0 Å². The van der Waals surface area contributed by atoms with E-state index in [1.54, 1.807) is 6.92 Å². The van der Waals surface area contributed by atoms with Crippen LogP contribution in [0.1, 0.15) is 46.5 Å². The molecule has 19 heavy (non-hydrogen) atoms. The van der Waals surface area contributed by atoms with Crippen molar-refractivity contribution in [3.05, 3.63) is 0 Å². The van der Waals surface area contributed by atoms with Crippen molar-refractivity contribution < 1.29 is 14.7 Å². The molecular weight excluding hydrogens is 244 g/mol. The van der Waals surface area contributed by atoms with Crippen LogP contribution in [-0.2, 0) is 4.79 Å². The van der Waals surface area contributed by atoms with Gasteiger partial charge in [0.15, 0.2) is 0 Å². The quantitative estimate of drug-likeness (QED) is 0.665. The number of carboxylic acid groups (broad SMARTS) is 1. The van der Waals surface area contributed by atoms with Crippen LogP contribution < -0.4 is 5.32 Å².